The zero-order valence-electron chi connectivity index (χ0n) is 22.4. The van der Waals surface area contributed by atoms with Crippen LogP contribution in [-0.2, 0) is 4.74 Å². The number of hydrogen-bond donors (Lipinski definition) is 0. The zero-order chi connectivity index (χ0) is 28.1. The van der Waals surface area contributed by atoms with Crippen LogP contribution in [0.25, 0.3) is 22.3 Å². The molecule has 0 N–H and O–H groups in total. The Morgan fingerprint density at radius 3 is 2.72 bits per heavy atom. The van der Waals surface area contributed by atoms with Crippen LogP contribution in [0.5, 0.6) is 5.88 Å². The fraction of sp³-hybridized carbons (Fsp3) is 0.280. The lowest BCUT2D eigenvalue weighted by Crippen LogP contribution is -2.39. The van der Waals surface area contributed by atoms with Gasteiger partial charge in [0.2, 0.25) is 5.88 Å². The highest BCUT2D eigenvalue weighted by molar-refractivity contribution is 6.30. The van der Waals surface area contributed by atoms with Gasteiger partial charge in [0.05, 0.1) is 45.4 Å². The number of benzene rings is 1. The number of methoxy groups -OCH3 is 2. The highest BCUT2D eigenvalue weighted by atomic mass is 35.5. The van der Waals surface area contributed by atoms with Gasteiger partial charge < -0.3 is 14.4 Å². The second-order valence-corrected chi connectivity index (χ2v) is 8.84. The van der Waals surface area contributed by atoms with Crippen LogP contribution in [0.1, 0.15) is 16.1 Å². The Morgan fingerprint density at radius 1 is 1.17 bits per heavy atom. The van der Waals surface area contributed by atoms with Crippen molar-refractivity contribution in [2.45, 2.75) is 19.4 Å². The van der Waals surface area contributed by atoms with Crippen molar-refractivity contribution < 1.29 is 18.0 Å². The first-order valence-corrected chi connectivity index (χ1v) is 11.4. The molecule has 0 saturated carbocycles. The van der Waals surface area contributed by atoms with E-state index in [-0.39, 0.29) is 39.7 Å². The topological polar surface area (TPSA) is 91.5 Å². The number of rotatable bonds is 5. The molecular weight excluding hydrogens is 489 g/mol. The molecule has 0 unspecified atom stereocenters. The number of pyridine rings is 2. The molecule has 0 spiro atoms. The van der Waals surface area contributed by atoms with Gasteiger partial charge in [-0.3, -0.25) is 14.3 Å². The number of nitrogens with zero attached hydrogens (tertiary/aromatic N) is 5. The summed E-state index contributed by atoms with van der Waals surface area (Å²) < 4.78 is 49.1. The summed E-state index contributed by atoms with van der Waals surface area (Å²) in [5, 5.41) is -0.217. The Hall–Kier alpha value is -3.76. The van der Waals surface area contributed by atoms with Crippen molar-refractivity contribution in [2.24, 2.45) is 0 Å². The molecule has 1 atom stereocenters. The highest BCUT2D eigenvalue weighted by Gasteiger charge is 2.27. The second-order valence-electron chi connectivity index (χ2n) is 8.44. The Bertz CT molecular complexity index is 1710. The average Bonchev–Trinajstić information content (AvgIpc) is 3.32. The molecule has 0 aliphatic carbocycles. The molecule has 186 valence electrons. The van der Waals surface area contributed by atoms with Crippen molar-refractivity contribution in [1.82, 2.24) is 19.1 Å². The molecule has 1 fully saturated rings. The van der Waals surface area contributed by atoms with Crippen molar-refractivity contribution in [3.05, 3.63) is 80.0 Å². The summed E-state index contributed by atoms with van der Waals surface area (Å²) in [4.78, 5) is 38.2. The minimum Gasteiger partial charge on any atom is -0.480 e. The van der Waals surface area contributed by atoms with E-state index in [1.165, 1.54) is 36.1 Å². The molecule has 9 nitrogen and oxygen atoms in total. The van der Waals surface area contributed by atoms with Crippen LogP contribution in [0.15, 0.2) is 52.3 Å². The van der Waals surface area contributed by atoms with Crippen LogP contribution in [0.4, 0.5) is 10.2 Å². The molecule has 1 saturated heterocycles. The summed E-state index contributed by atoms with van der Waals surface area (Å²) >= 11 is 6.06. The summed E-state index contributed by atoms with van der Waals surface area (Å²) in [6, 6.07) is 6.94. The first-order chi connectivity index (χ1) is 18.5. The standard InChI is InChI=1S/C25H23ClFN5O4/c1-14-8-16(12-28-11-14)32-24(33)22-20(31(25(32)34)15-4-5-19(27)18(26)9-15)10-21(29-23(22)36-3)30-7-6-17(13-30)35-2/h4-5,8-12,17H,6-7,13H2,1-3H3/t17-/m1/s1/i2D3. The number of ether oxygens (including phenoxy) is 2. The predicted octanol–water partition coefficient (Wildman–Crippen LogP) is 3.27. The van der Waals surface area contributed by atoms with E-state index in [0.717, 1.165) is 16.2 Å². The van der Waals surface area contributed by atoms with Gasteiger partial charge >= 0.3 is 5.69 Å². The van der Waals surface area contributed by atoms with E-state index in [1.807, 2.05) is 0 Å². The van der Waals surface area contributed by atoms with Crippen LogP contribution >= 0.6 is 11.6 Å². The minimum absolute atomic E-state index is 0.00251. The number of fused-ring (bicyclic) bond motifs is 1. The van der Waals surface area contributed by atoms with Crippen LogP contribution < -0.4 is 20.9 Å². The van der Waals surface area contributed by atoms with E-state index in [0.29, 0.717) is 18.8 Å². The normalized spacial score (nSPS) is 17.2. The average molecular weight is 515 g/mol. The van der Waals surface area contributed by atoms with Crippen molar-refractivity contribution >= 4 is 28.3 Å². The molecule has 0 radical (unpaired) electrons. The van der Waals surface area contributed by atoms with Gasteiger partial charge in [0.1, 0.15) is 17.0 Å². The first-order valence-electron chi connectivity index (χ1n) is 12.5. The molecule has 1 aromatic carbocycles. The van der Waals surface area contributed by atoms with E-state index >= 15 is 0 Å². The van der Waals surface area contributed by atoms with E-state index in [4.69, 9.17) is 25.2 Å². The van der Waals surface area contributed by atoms with Gasteiger partial charge in [-0.15, -0.1) is 0 Å². The summed E-state index contributed by atoms with van der Waals surface area (Å²) in [7, 11) is -1.20. The fourth-order valence-electron chi connectivity index (χ4n) is 4.38. The summed E-state index contributed by atoms with van der Waals surface area (Å²) in [6.07, 6.45) is 2.83. The van der Waals surface area contributed by atoms with Crippen molar-refractivity contribution in [3.8, 4) is 17.3 Å². The van der Waals surface area contributed by atoms with Crippen molar-refractivity contribution in [3.63, 3.8) is 0 Å². The Balaban J connectivity index is 1.79. The molecule has 36 heavy (non-hydrogen) atoms. The van der Waals surface area contributed by atoms with Gasteiger partial charge in [0.25, 0.3) is 5.56 Å². The van der Waals surface area contributed by atoms with Crippen LogP contribution in [0.3, 0.4) is 0 Å². The number of aromatic nitrogens is 4. The monoisotopic (exact) mass is 514 g/mol. The molecule has 1 aliphatic rings. The number of anilines is 1. The number of aryl methyl sites for hydroxylation is 1. The molecule has 11 heteroatoms. The molecule has 5 rings (SSSR count). The minimum atomic E-state index is -2.55. The Labute approximate surface area is 214 Å². The second kappa shape index (κ2) is 9.36. The van der Waals surface area contributed by atoms with E-state index in [2.05, 4.69) is 9.97 Å². The molecule has 3 aromatic heterocycles. The fourth-order valence-corrected chi connectivity index (χ4v) is 4.55. The SMILES string of the molecule is [2H]C([2H])([2H])O[C@@H]1CCN(c2cc3c(c(OC)n2)c(=O)n(-c2cncc(C)c2)c(=O)n3-c2ccc(F)c(Cl)c2)C1. The lowest BCUT2D eigenvalue weighted by Gasteiger charge is -2.21. The van der Waals surface area contributed by atoms with E-state index in [9.17, 15) is 14.0 Å². The van der Waals surface area contributed by atoms with Crippen molar-refractivity contribution in [1.29, 1.82) is 0 Å². The quantitative estimate of drug-likeness (QED) is 0.403. The van der Waals surface area contributed by atoms with Crippen LogP contribution in [0, 0.1) is 12.7 Å². The molecule has 4 aromatic rings. The smallest absolute Gasteiger partial charge is 0.340 e. The van der Waals surface area contributed by atoms with Crippen LogP contribution in [-0.4, -0.2) is 52.4 Å². The lowest BCUT2D eigenvalue weighted by atomic mass is 10.2. The van der Waals surface area contributed by atoms with E-state index < -0.39 is 30.2 Å². The molecular formula is C25H23ClFN5O4. The van der Waals surface area contributed by atoms with Gasteiger partial charge in [-0.1, -0.05) is 11.6 Å². The molecule has 0 bridgehead atoms. The number of halogens is 2. The van der Waals surface area contributed by atoms with Gasteiger partial charge in [0.15, 0.2) is 0 Å². The zero-order valence-corrected chi connectivity index (χ0v) is 20.1. The summed E-state index contributed by atoms with van der Waals surface area (Å²) in [6.45, 7) is 2.41. The molecule has 4 heterocycles. The van der Waals surface area contributed by atoms with Crippen LogP contribution in [0.2, 0.25) is 5.02 Å². The first kappa shape index (κ1) is 20.4. The largest absolute Gasteiger partial charge is 0.480 e. The molecule has 0 amide bonds. The lowest BCUT2D eigenvalue weighted by molar-refractivity contribution is 0.121. The van der Waals surface area contributed by atoms with E-state index in [1.54, 1.807) is 24.1 Å². The molecule has 1 aliphatic heterocycles. The summed E-state index contributed by atoms with van der Waals surface area (Å²) in [5.74, 6) is -0.387. The maximum Gasteiger partial charge on any atom is 0.340 e. The van der Waals surface area contributed by atoms with Gasteiger partial charge in [-0.05, 0) is 43.2 Å². The van der Waals surface area contributed by atoms with Gasteiger partial charge in [-0.2, -0.15) is 4.98 Å². The summed E-state index contributed by atoms with van der Waals surface area (Å²) in [5.41, 5.74) is -0.135. The third-order valence-corrected chi connectivity index (χ3v) is 6.39. The van der Waals surface area contributed by atoms with Crippen molar-refractivity contribution in [2.75, 3.05) is 32.1 Å². The number of hydrogen-bond acceptors (Lipinski definition) is 7. The maximum atomic E-state index is 14.1. The van der Waals surface area contributed by atoms with Gasteiger partial charge in [-0.25, -0.2) is 13.8 Å². The predicted molar refractivity (Wildman–Crippen MR) is 135 cm³/mol. The highest BCUT2D eigenvalue weighted by Crippen LogP contribution is 2.30. The third kappa shape index (κ3) is 4.02. The third-order valence-electron chi connectivity index (χ3n) is 6.10. The Morgan fingerprint density at radius 2 is 2.00 bits per heavy atom. The maximum absolute atomic E-state index is 14.1. The Kier molecular flexibility index (Phi) is 5.31. The van der Waals surface area contributed by atoms with Gasteiger partial charge in [0, 0.05) is 32.4 Å².